The van der Waals surface area contributed by atoms with Crippen LogP contribution in [0.3, 0.4) is 0 Å². The van der Waals surface area contributed by atoms with Gasteiger partial charge in [-0.05, 0) is 43.3 Å². The molecule has 4 rings (SSSR count). The Morgan fingerprint density at radius 1 is 1.00 bits per heavy atom. The number of fused-ring (bicyclic) bond motifs is 1. The van der Waals surface area contributed by atoms with E-state index in [0.717, 1.165) is 5.39 Å². The van der Waals surface area contributed by atoms with Crippen molar-refractivity contribution in [1.82, 2.24) is 24.7 Å². The molecule has 0 spiro atoms. The molecule has 0 unspecified atom stereocenters. The summed E-state index contributed by atoms with van der Waals surface area (Å²) in [5.74, 6) is -0.0223. The number of ketones is 1. The van der Waals surface area contributed by atoms with Gasteiger partial charge in [0.25, 0.3) is 5.91 Å². The predicted octanol–water partition coefficient (Wildman–Crippen LogP) is 2.67. The average Bonchev–Trinajstić information content (AvgIpc) is 3.22. The number of amides is 1. The van der Waals surface area contributed by atoms with Gasteiger partial charge in [0.1, 0.15) is 12.7 Å². The smallest absolute Gasteiger partial charge is 0.293 e. The minimum atomic E-state index is -0.460. The first-order valence-corrected chi connectivity index (χ1v) is 8.16. The molecule has 2 heterocycles. The van der Waals surface area contributed by atoms with Gasteiger partial charge in [0.15, 0.2) is 11.6 Å². The maximum absolute atomic E-state index is 12.7. The van der Waals surface area contributed by atoms with Crippen molar-refractivity contribution in [3.8, 4) is 5.82 Å². The van der Waals surface area contributed by atoms with Crippen LogP contribution in [0.4, 0.5) is 5.69 Å². The second kappa shape index (κ2) is 6.75. The highest BCUT2D eigenvalue weighted by atomic mass is 16.2. The van der Waals surface area contributed by atoms with Crippen LogP contribution >= 0.6 is 0 Å². The molecule has 0 fully saturated rings. The SMILES string of the molecule is CC(=O)c1ccc(NC(=O)c2nc(-n3cncn3)c3ccccc3n2)cc1. The lowest BCUT2D eigenvalue weighted by Gasteiger charge is -2.09. The van der Waals surface area contributed by atoms with Crippen LogP contribution in [-0.2, 0) is 0 Å². The summed E-state index contributed by atoms with van der Waals surface area (Å²) in [6.45, 7) is 1.49. The first-order valence-electron chi connectivity index (χ1n) is 8.16. The van der Waals surface area contributed by atoms with Crippen LogP contribution in [0.15, 0.2) is 61.2 Å². The number of para-hydroxylation sites is 1. The molecule has 4 aromatic rings. The molecular formula is C19H14N6O2. The summed E-state index contributed by atoms with van der Waals surface area (Å²) in [7, 11) is 0. The van der Waals surface area contributed by atoms with Gasteiger partial charge in [-0.2, -0.15) is 5.10 Å². The zero-order valence-electron chi connectivity index (χ0n) is 14.3. The van der Waals surface area contributed by atoms with Gasteiger partial charge >= 0.3 is 0 Å². The quantitative estimate of drug-likeness (QED) is 0.563. The molecule has 1 amide bonds. The molecule has 132 valence electrons. The van der Waals surface area contributed by atoms with Crippen LogP contribution < -0.4 is 5.32 Å². The van der Waals surface area contributed by atoms with Crippen LogP contribution in [-0.4, -0.2) is 36.4 Å². The Kier molecular flexibility index (Phi) is 4.13. The zero-order chi connectivity index (χ0) is 18.8. The maximum atomic E-state index is 12.7. The Hall–Kier alpha value is -3.94. The number of anilines is 1. The third kappa shape index (κ3) is 3.28. The van der Waals surface area contributed by atoms with E-state index < -0.39 is 5.91 Å². The molecule has 27 heavy (non-hydrogen) atoms. The number of hydrogen-bond acceptors (Lipinski definition) is 6. The lowest BCUT2D eigenvalue weighted by Crippen LogP contribution is -2.17. The van der Waals surface area contributed by atoms with Gasteiger partial charge in [-0.1, -0.05) is 12.1 Å². The van der Waals surface area contributed by atoms with Crippen molar-refractivity contribution in [2.24, 2.45) is 0 Å². The monoisotopic (exact) mass is 358 g/mol. The molecule has 0 aliphatic heterocycles. The molecule has 1 N–H and O–H groups in total. The second-order valence-corrected chi connectivity index (χ2v) is 5.82. The van der Waals surface area contributed by atoms with Gasteiger partial charge in [0.2, 0.25) is 5.82 Å². The number of benzene rings is 2. The fourth-order valence-corrected chi connectivity index (χ4v) is 2.63. The van der Waals surface area contributed by atoms with E-state index in [9.17, 15) is 9.59 Å². The predicted molar refractivity (Wildman–Crippen MR) is 98.9 cm³/mol. The molecule has 0 atom stereocenters. The summed E-state index contributed by atoms with van der Waals surface area (Å²) < 4.78 is 1.49. The molecule has 0 bridgehead atoms. The maximum Gasteiger partial charge on any atom is 0.293 e. The summed E-state index contributed by atoms with van der Waals surface area (Å²) in [6, 6.07) is 14.0. The molecular weight excluding hydrogens is 344 g/mol. The summed E-state index contributed by atoms with van der Waals surface area (Å²) >= 11 is 0. The normalized spacial score (nSPS) is 10.7. The highest BCUT2D eigenvalue weighted by Gasteiger charge is 2.16. The van der Waals surface area contributed by atoms with Crippen LogP contribution in [0.1, 0.15) is 27.9 Å². The van der Waals surface area contributed by atoms with E-state index in [-0.39, 0.29) is 11.6 Å². The van der Waals surface area contributed by atoms with Crippen molar-refractivity contribution in [1.29, 1.82) is 0 Å². The average molecular weight is 358 g/mol. The number of aromatic nitrogens is 5. The van der Waals surface area contributed by atoms with Crippen molar-refractivity contribution in [3.63, 3.8) is 0 Å². The molecule has 0 aliphatic carbocycles. The van der Waals surface area contributed by atoms with E-state index in [0.29, 0.717) is 22.6 Å². The molecule has 8 nitrogen and oxygen atoms in total. The summed E-state index contributed by atoms with van der Waals surface area (Å²) in [6.07, 6.45) is 2.91. The standard InChI is InChI=1S/C19H14N6O2/c1-12(26)13-6-8-14(9-7-13)22-19(27)17-23-16-5-3-2-4-15(16)18(24-17)25-11-20-10-21-25/h2-11H,1H3,(H,22,27). The second-order valence-electron chi connectivity index (χ2n) is 5.82. The van der Waals surface area contributed by atoms with E-state index in [1.165, 1.54) is 24.3 Å². The number of rotatable bonds is 4. The Morgan fingerprint density at radius 3 is 2.48 bits per heavy atom. The molecule has 2 aromatic heterocycles. The Bertz CT molecular complexity index is 1140. The Labute approximate surface area is 153 Å². The minimum Gasteiger partial charge on any atom is -0.319 e. The van der Waals surface area contributed by atoms with Crippen molar-refractivity contribution in [2.75, 3.05) is 5.32 Å². The van der Waals surface area contributed by atoms with Crippen molar-refractivity contribution < 1.29 is 9.59 Å². The summed E-state index contributed by atoms with van der Waals surface area (Å²) in [5, 5.41) is 7.59. The molecule has 0 saturated carbocycles. The Morgan fingerprint density at radius 2 is 1.78 bits per heavy atom. The van der Waals surface area contributed by atoms with E-state index in [1.807, 2.05) is 18.2 Å². The number of nitrogens with zero attached hydrogens (tertiary/aromatic N) is 5. The van der Waals surface area contributed by atoms with Gasteiger partial charge < -0.3 is 5.32 Å². The number of carbonyl (C=O) groups excluding carboxylic acids is 2. The molecule has 0 saturated heterocycles. The number of carbonyl (C=O) groups is 2. The fraction of sp³-hybridized carbons (Fsp3) is 0.0526. The molecule has 0 radical (unpaired) electrons. The number of hydrogen-bond donors (Lipinski definition) is 1. The topological polar surface area (TPSA) is 103 Å². The van der Waals surface area contributed by atoms with Gasteiger partial charge in [0, 0.05) is 16.6 Å². The minimum absolute atomic E-state index is 0.00912. The van der Waals surface area contributed by atoms with Crippen LogP contribution in [0.2, 0.25) is 0 Å². The van der Waals surface area contributed by atoms with Gasteiger partial charge in [-0.3, -0.25) is 9.59 Å². The lowest BCUT2D eigenvalue weighted by molar-refractivity contribution is 0.101. The van der Waals surface area contributed by atoms with E-state index in [2.05, 4.69) is 25.4 Å². The van der Waals surface area contributed by atoms with E-state index in [1.54, 1.807) is 30.3 Å². The van der Waals surface area contributed by atoms with E-state index in [4.69, 9.17) is 0 Å². The van der Waals surface area contributed by atoms with Crippen LogP contribution in [0, 0.1) is 0 Å². The Balaban J connectivity index is 1.70. The lowest BCUT2D eigenvalue weighted by atomic mass is 10.1. The highest BCUT2D eigenvalue weighted by molar-refractivity contribution is 6.03. The fourth-order valence-electron chi connectivity index (χ4n) is 2.63. The summed E-state index contributed by atoms with van der Waals surface area (Å²) in [4.78, 5) is 36.7. The first kappa shape index (κ1) is 16.5. The van der Waals surface area contributed by atoms with Crippen molar-refractivity contribution in [3.05, 3.63) is 72.6 Å². The van der Waals surface area contributed by atoms with Gasteiger partial charge in [-0.25, -0.2) is 19.6 Å². The third-order valence-electron chi connectivity index (χ3n) is 3.97. The summed E-state index contributed by atoms with van der Waals surface area (Å²) in [5.41, 5.74) is 1.74. The first-order chi connectivity index (χ1) is 13.1. The third-order valence-corrected chi connectivity index (χ3v) is 3.97. The molecule has 8 heteroatoms. The van der Waals surface area contributed by atoms with Crippen LogP contribution in [0.5, 0.6) is 0 Å². The van der Waals surface area contributed by atoms with Crippen LogP contribution in [0.25, 0.3) is 16.7 Å². The molecule has 0 aliphatic rings. The van der Waals surface area contributed by atoms with E-state index >= 15 is 0 Å². The largest absolute Gasteiger partial charge is 0.319 e. The number of Topliss-reactive ketones (excluding diaryl/α,β-unsaturated/α-hetero) is 1. The van der Waals surface area contributed by atoms with Gasteiger partial charge in [0.05, 0.1) is 5.52 Å². The molecule has 2 aromatic carbocycles. The highest BCUT2D eigenvalue weighted by Crippen LogP contribution is 2.19. The van der Waals surface area contributed by atoms with Gasteiger partial charge in [-0.15, -0.1) is 0 Å². The number of nitrogens with one attached hydrogen (secondary N) is 1. The zero-order valence-corrected chi connectivity index (χ0v) is 14.3. The van der Waals surface area contributed by atoms with Crippen molar-refractivity contribution in [2.45, 2.75) is 6.92 Å². The van der Waals surface area contributed by atoms with Crippen molar-refractivity contribution >= 4 is 28.3 Å².